The van der Waals surface area contributed by atoms with Gasteiger partial charge in [0.05, 0.1) is 11.7 Å². The quantitative estimate of drug-likeness (QED) is 0.161. The number of fused-ring (bicyclic) bond motifs is 1. The summed E-state index contributed by atoms with van der Waals surface area (Å²) < 4.78 is 5.33. The Morgan fingerprint density at radius 3 is 2.60 bits per heavy atom. The van der Waals surface area contributed by atoms with Crippen LogP contribution in [0.5, 0.6) is 0 Å². The van der Waals surface area contributed by atoms with Gasteiger partial charge >= 0.3 is 6.09 Å². The zero-order chi connectivity index (χ0) is 28.4. The van der Waals surface area contributed by atoms with Crippen molar-refractivity contribution in [3.8, 4) is 11.3 Å². The van der Waals surface area contributed by atoms with Gasteiger partial charge in [-0.2, -0.15) is 0 Å². The average Bonchev–Trinajstić information content (AvgIpc) is 2.92. The van der Waals surface area contributed by atoms with Gasteiger partial charge in [-0.15, -0.1) is 0 Å². The number of amides is 2. The Hall–Kier alpha value is -2.73. The van der Waals surface area contributed by atoms with Crippen molar-refractivity contribution in [2.24, 2.45) is 5.92 Å². The van der Waals surface area contributed by atoms with E-state index >= 15 is 0 Å². The minimum absolute atomic E-state index is 0.0658. The molecular weight excluding hydrogens is 643 g/mol. The smallest absolute Gasteiger partial charge is 0.407 e. The van der Waals surface area contributed by atoms with Gasteiger partial charge < -0.3 is 19.9 Å². The molecule has 0 spiro atoms. The molecule has 5 rings (SSSR count). The number of hydrogen-bond acceptors (Lipinski definition) is 7. The normalized spacial score (nSPS) is 20.4. The Morgan fingerprint density at radius 2 is 1.88 bits per heavy atom. The number of nitrogens with zero attached hydrogens (tertiary/aromatic N) is 5. The number of rotatable bonds is 4. The molecule has 5 heterocycles. The lowest BCUT2D eigenvalue weighted by Crippen LogP contribution is -2.56. The van der Waals surface area contributed by atoms with E-state index in [0.29, 0.717) is 11.7 Å². The van der Waals surface area contributed by atoms with Gasteiger partial charge in [-0.05, 0) is 70.7 Å². The van der Waals surface area contributed by atoms with Crippen LogP contribution in [0.4, 0.5) is 10.6 Å². The van der Waals surface area contributed by atoms with E-state index in [1.165, 1.54) is 0 Å². The van der Waals surface area contributed by atoms with Crippen LogP contribution in [0.25, 0.3) is 22.0 Å². The van der Waals surface area contributed by atoms with E-state index < -0.39 is 11.7 Å². The van der Waals surface area contributed by atoms with Gasteiger partial charge in [0.1, 0.15) is 20.6 Å². The third kappa shape index (κ3) is 6.59. The molecule has 3 aromatic heterocycles. The third-order valence-corrected chi connectivity index (χ3v) is 9.05. The van der Waals surface area contributed by atoms with Crippen molar-refractivity contribution < 1.29 is 14.3 Å². The number of anilines is 1. The van der Waals surface area contributed by atoms with Gasteiger partial charge in [-0.3, -0.25) is 9.78 Å². The number of carbonyl (C=O) groups excluding carboxylic acids is 2. The zero-order valence-corrected chi connectivity index (χ0v) is 25.9. The molecule has 2 amide bonds. The first-order valence-electron chi connectivity index (χ1n) is 13.6. The third-order valence-electron chi connectivity index (χ3n) is 7.31. The molecule has 212 valence electrons. The van der Waals surface area contributed by atoms with Crippen molar-refractivity contribution >= 4 is 62.8 Å². The number of halogens is 2. The van der Waals surface area contributed by atoms with Crippen molar-refractivity contribution in [3.63, 3.8) is 0 Å². The maximum absolute atomic E-state index is 13.7. The first kappa shape index (κ1) is 28.8. The van der Waals surface area contributed by atoms with E-state index in [-0.39, 0.29) is 21.9 Å². The fraction of sp³-hybridized carbons (Fsp3) is 0.483. The second-order valence-corrected chi connectivity index (χ2v) is 13.0. The van der Waals surface area contributed by atoms with Crippen molar-refractivity contribution in [3.05, 3.63) is 48.0 Å². The molecule has 0 bridgehead atoms. The molecule has 1 N–H and O–H groups in total. The summed E-state index contributed by atoms with van der Waals surface area (Å²) in [5, 5.41) is 5.43. The molecule has 2 saturated heterocycles. The number of carbonyl (C=O) groups is 2. The molecule has 0 aromatic carbocycles. The molecule has 9 nitrogen and oxygen atoms in total. The Bertz CT molecular complexity index is 1390. The number of pyridine rings is 3. The highest BCUT2D eigenvalue weighted by molar-refractivity contribution is 14.1. The summed E-state index contributed by atoms with van der Waals surface area (Å²) in [5.74, 6) is 0.987. The van der Waals surface area contributed by atoms with Crippen molar-refractivity contribution in [1.29, 1.82) is 0 Å². The first-order valence-corrected chi connectivity index (χ1v) is 15.3. The van der Waals surface area contributed by atoms with Crippen LogP contribution in [0.1, 0.15) is 46.5 Å². The lowest BCUT2D eigenvalue weighted by atomic mass is 9.93. The average molecular weight is 677 g/mol. The number of aromatic nitrogens is 3. The van der Waals surface area contributed by atoms with Gasteiger partial charge in [0.2, 0.25) is 5.91 Å². The van der Waals surface area contributed by atoms with Gasteiger partial charge in [0, 0.05) is 60.5 Å². The van der Waals surface area contributed by atoms with Gasteiger partial charge in [-0.25, -0.2) is 14.8 Å². The van der Waals surface area contributed by atoms with Crippen molar-refractivity contribution in [2.75, 3.05) is 24.5 Å². The fourth-order valence-electron chi connectivity index (χ4n) is 5.39. The predicted octanol–water partition coefficient (Wildman–Crippen LogP) is 5.84. The summed E-state index contributed by atoms with van der Waals surface area (Å²) in [6.45, 7) is 7.68. The highest BCUT2D eigenvalue weighted by Gasteiger charge is 2.38. The van der Waals surface area contributed by atoms with E-state index in [1.807, 2.05) is 56.1 Å². The van der Waals surface area contributed by atoms with Crippen molar-refractivity contribution in [2.45, 2.75) is 62.1 Å². The molecule has 2 aliphatic rings. The van der Waals surface area contributed by atoms with Crippen LogP contribution in [-0.2, 0) is 9.53 Å². The van der Waals surface area contributed by atoms with E-state index in [9.17, 15) is 9.59 Å². The van der Waals surface area contributed by atoms with E-state index in [0.717, 1.165) is 66.6 Å². The second kappa shape index (κ2) is 12.0. The zero-order valence-electron chi connectivity index (χ0n) is 22.9. The molecule has 11 heteroatoms. The second-order valence-electron chi connectivity index (χ2n) is 11.4. The summed E-state index contributed by atoms with van der Waals surface area (Å²) in [6, 6.07) is 7.58. The summed E-state index contributed by atoms with van der Waals surface area (Å²) in [5.41, 5.74) is 1.14. The van der Waals surface area contributed by atoms with Gasteiger partial charge in [0.15, 0.2) is 0 Å². The van der Waals surface area contributed by atoms with Crippen LogP contribution < -0.4 is 10.2 Å². The molecular formula is C29H34ClIN6O3. The van der Waals surface area contributed by atoms with Crippen LogP contribution in [-0.4, -0.2) is 67.2 Å². The van der Waals surface area contributed by atoms with Gasteiger partial charge in [0.25, 0.3) is 0 Å². The standard InChI is InChI=1S/C29H34ClIN6O3/c1-29(2,3)40-28(39)35-22-5-4-12-37(25(22)31)27(38)18-8-13-36(14-9-18)26-21-7-10-32-17-20(21)15-23(34-26)19-6-11-33-24(30)16-19/h6-7,10-11,15-18,22,25H,4-5,8-9,12-14H2,1-3H3,(H,35,39). The van der Waals surface area contributed by atoms with Crippen molar-refractivity contribution in [1.82, 2.24) is 25.2 Å². The highest BCUT2D eigenvalue weighted by Crippen LogP contribution is 2.34. The van der Waals surface area contributed by atoms with Crippen LogP contribution in [0.3, 0.4) is 0 Å². The van der Waals surface area contributed by atoms with Crippen LogP contribution in [0, 0.1) is 5.92 Å². The monoisotopic (exact) mass is 676 g/mol. The van der Waals surface area contributed by atoms with E-state index in [4.69, 9.17) is 21.3 Å². The summed E-state index contributed by atoms with van der Waals surface area (Å²) in [4.78, 5) is 43.7. The Kier molecular flexibility index (Phi) is 8.65. The number of ether oxygens (including phenoxy) is 1. The predicted molar refractivity (Wildman–Crippen MR) is 165 cm³/mol. The van der Waals surface area contributed by atoms with Crippen LogP contribution in [0.15, 0.2) is 42.9 Å². The maximum atomic E-state index is 13.7. The molecule has 0 saturated carbocycles. The minimum atomic E-state index is -0.565. The summed E-state index contributed by atoms with van der Waals surface area (Å²) >= 11 is 8.45. The number of hydrogen-bond donors (Lipinski definition) is 1. The lowest BCUT2D eigenvalue weighted by Gasteiger charge is -2.41. The summed E-state index contributed by atoms with van der Waals surface area (Å²) in [7, 11) is 0. The Balaban J connectivity index is 1.28. The number of nitrogens with one attached hydrogen (secondary N) is 1. The maximum Gasteiger partial charge on any atom is 0.407 e. The number of piperidine rings is 2. The SMILES string of the molecule is CC(C)(C)OC(=O)NC1CCCN(C(=O)C2CCN(c3nc(-c4ccnc(Cl)c4)cc4cnccc34)CC2)C1I. The fourth-order valence-corrected chi connectivity index (χ4v) is 6.66. The number of alkyl carbamates (subject to hydrolysis) is 1. The molecule has 40 heavy (non-hydrogen) atoms. The molecule has 2 atom stereocenters. The number of alkyl halides is 1. The van der Waals surface area contributed by atoms with E-state index in [1.54, 1.807) is 12.4 Å². The molecule has 0 aliphatic carbocycles. The lowest BCUT2D eigenvalue weighted by molar-refractivity contribution is -0.138. The molecule has 3 aromatic rings. The summed E-state index contributed by atoms with van der Waals surface area (Å²) in [6.07, 6.45) is 8.02. The Morgan fingerprint density at radius 1 is 1.10 bits per heavy atom. The van der Waals surface area contributed by atoms with Crippen LogP contribution >= 0.6 is 34.2 Å². The highest BCUT2D eigenvalue weighted by atomic mass is 127. The molecule has 2 fully saturated rings. The molecule has 2 aliphatic heterocycles. The van der Waals surface area contributed by atoms with Gasteiger partial charge in [-0.1, -0.05) is 34.2 Å². The molecule has 2 unspecified atom stereocenters. The Labute approximate surface area is 253 Å². The van der Waals surface area contributed by atoms with Crippen LogP contribution in [0.2, 0.25) is 5.15 Å². The first-order chi connectivity index (χ1) is 19.1. The minimum Gasteiger partial charge on any atom is -0.444 e. The molecule has 0 radical (unpaired) electrons. The largest absolute Gasteiger partial charge is 0.444 e. The topological polar surface area (TPSA) is 101 Å². The van der Waals surface area contributed by atoms with E-state index in [2.05, 4.69) is 42.8 Å². The number of likely N-dealkylation sites (tertiary alicyclic amines) is 1.